The molecule has 0 saturated carbocycles. The summed E-state index contributed by atoms with van der Waals surface area (Å²) in [6, 6.07) is 7.84. The summed E-state index contributed by atoms with van der Waals surface area (Å²) in [5, 5.41) is 0.886. The van der Waals surface area contributed by atoms with Gasteiger partial charge in [-0.15, -0.1) is 11.8 Å². The molecule has 0 fully saturated rings. The minimum Gasteiger partial charge on any atom is -0.294 e. The second-order valence-corrected chi connectivity index (χ2v) is 5.20. The van der Waals surface area contributed by atoms with Crippen LogP contribution in [-0.2, 0) is 0 Å². The highest BCUT2D eigenvalue weighted by Gasteiger charge is 2.04. The molecule has 0 aliphatic carbocycles. The largest absolute Gasteiger partial charge is 0.294 e. The van der Waals surface area contributed by atoms with E-state index in [9.17, 15) is 4.79 Å². The molecule has 1 aromatic rings. The quantitative estimate of drug-likeness (QED) is 0.238. The molecule has 0 radical (unpaired) electrons. The van der Waals surface area contributed by atoms with E-state index in [2.05, 4.69) is 28.1 Å². The fourth-order valence-electron chi connectivity index (χ4n) is 1.48. The van der Waals surface area contributed by atoms with Crippen LogP contribution in [0.25, 0.3) is 0 Å². The number of carbonyl (C=O) groups is 1. The number of carbonyl (C=O) groups excluding carboxylic acids is 1. The number of Topliss-reactive ketones (excluding diaryl/α,β-unsaturated/α-hetero) is 1. The number of thioether (sulfide) groups is 1. The summed E-state index contributed by atoms with van der Waals surface area (Å²) in [7, 11) is 0. The Labute approximate surface area is 116 Å². The lowest BCUT2D eigenvalue weighted by Crippen LogP contribution is -1.98. The van der Waals surface area contributed by atoms with Crippen LogP contribution in [0.15, 0.2) is 41.3 Å². The highest BCUT2D eigenvalue weighted by molar-refractivity contribution is 9.09. The van der Waals surface area contributed by atoms with Gasteiger partial charge in [0.05, 0.1) is 0 Å². The third kappa shape index (κ3) is 5.55. The normalized spacial score (nSPS) is 10.9. The van der Waals surface area contributed by atoms with Gasteiger partial charge in [0.2, 0.25) is 0 Å². The van der Waals surface area contributed by atoms with E-state index in [1.165, 1.54) is 4.90 Å². The molecule has 0 aromatic heterocycles. The lowest BCUT2D eigenvalue weighted by atomic mass is 10.1. The standard InChI is InChI=1S/C14H17BrOS/c1-17-13-9-7-12(8-10-13)14(16)6-4-2-3-5-11-15/h3,5,7-10H,2,4,6,11H2,1H3/b5-3-. The molecule has 3 heteroatoms. The number of halogens is 1. The minimum atomic E-state index is 0.241. The van der Waals surface area contributed by atoms with E-state index in [0.717, 1.165) is 23.7 Å². The number of ketones is 1. The first-order valence-corrected chi connectivity index (χ1v) is 8.00. The van der Waals surface area contributed by atoms with Gasteiger partial charge in [-0.05, 0) is 31.2 Å². The predicted octanol–water partition coefficient (Wildman–Crippen LogP) is 4.71. The Hall–Kier alpha value is -0.540. The number of unbranched alkanes of at least 4 members (excludes halogenated alkanes) is 1. The van der Waals surface area contributed by atoms with E-state index in [1.54, 1.807) is 11.8 Å². The molecule has 0 atom stereocenters. The van der Waals surface area contributed by atoms with Crippen LogP contribution in [0.1, 0.15) is 29.6 Å². The monoisotopic (exact) mass is 312 g/mol. The van der Waals surface area contributed by atoms with Crippen molar-refractivity contribution in [2.24, 2.45) is 0 Å². The molecule has 0 saturated heterocycles. The van der Waals surface area contributed by atoms with Gasteiger partial charge in [0.1, 0.15) is 0 Å². The number of hydrogen-bond donors (Lipinski definition) is 0. The second-order valence-electron chi connectivity index (χ2n) is 3.67. The molecule has 0 aliphatic heterocycles. The molecule has 0 N–H and O–H groups in total. The van der Waals surface area contributed by atoms with Crippen LogP contribution >= 0.6 is 27.7 Å². The molecule has 0 amide bonds. The average molecular weight is 313 g/mol. The molecular weight excluding hydrogens is 296 g/mol. The third-order valence-electron chi connectivity index (χ3n) is 2.44. The number of allylic oxidation sites excluding steroid dienone is 2. The summed E-state index contributed by atoms with van der Waals surface area (Å²) < 4.78 is 0. The average Bonchev–Trinajstić information content (AvgIpc) is 2.38. The Kier molecular flexibility index (Phi) is 7.29. The summed E-state index contributed by atoms with van der Waals surface area (Å²) in [6.07, 6.45) is 8.74. The number of hydrogen-bond acceptors (Lipinski definition) is 2. The second kappa shape index (κ2) is 8.54. The van der Waals surface area contributed by atoms with Crippen LogP contribution in [0.5, 0.6) is 0 Å². The smallest absolute Gasteiger partial charge is 0.162 e. The molecule has 1 rings (SSSR count). The van der Waals surface area contributed by atoms with Crippen molar-refractivity contribution in [3.05, 3.63) is 42.0 Å². The topological polar surface area (TPSA) is 17.1 Å². The van der Waals surface area contributed by atoms with Gasteiger partial charge in [-0.1, -0.05) is 40.2 Å². The Bertz CT molecular complexity index is 370. The molecule has 1 nitrogen and oxygen atoms in total. The Morgan fingerprint density at radius 2 is 2.00 bits per heavy atom. The summed E-state index contributed by atoms with van der Waals surface area (Å²) in [4.78, 5) is 13.0. The van der Waals surface area contributed by atoms with Gasteiger partial charge in [-0.2, -0.15) is 0 Å². The first-order valence-electron chi connectivity index (χ1n) is 5.66. The molecule has 1 aromatic carbocycles. The summed E-state index contributed by atoms with van der Waals surface area (Å²) in [5.41, 5.74) is 0.826. The van der Waals surface area contributed by atoms with Crippen LogP contribution in [0.3, 0.4) is 0 Å². The van der Waals surface area contributed by atoms with Crippen molar-refractivity contribution >= 4 is 33.5 Å². The predicted molar refractivity (Wildman–Crippen MR) is 79.3 cm³/mol. The molecule has 0 aliphatic rings. The number of benzene rings is 1. The highest BCUT2D eigenvalue weighted by atomic mass is 79.9. The van der Waals surface area contributed by atoms with Gasteiger partial charge in [0.15, 0.2) is 5.78 Å². The van der Waals surface area contributed by atoms with Crippen LogP contribution in [0, 0.1) is 0 Å². The van der Waals surface area contributed by atoms with Gasteiger partial charge in [-0.3, -0.25) is 4.79 Å². The minimum absolute atomic E-state index is 0.241. The Morgan fingerprint density at radius 3 is 2.59 bits per heavy atom. The zero-order valence-electron chi connectivity index (χ0n) is 9.99. The maximum atomic E-state index is 11.8. The van der Waals surface area contributed by atoms with Gasteiger partial charge in [0.25, 0.3) is 0 Å². The van der Waals surface area contributed by atoms with Crippen LogP contribution < -0.4 is 0 Å². The first-order chi connectivity index (χ1) is 8.27. The zero-order chi connectivity index (χ0) is 12.5. The maximum Gasteiger partial charge on any atom is 0.162 e. The lowest BCUT2D eigenvalue weighted by Gasteiger charge is -2.01. The van der Waals surface area contributed by atoms with Crippen LogP contribution in [-0.4, -0.2) is 17.4 Å². The van der Waals surface area contributed by atoms with E-state index in [0.29, 0.717) is 6.42 Å². The van der Waals surface area contributed by atoms with Crippen molar-refractivity contribution in [3.63, 3.8) is 0 Å². The lowest BCUT2D eigenvalue weighted by molar-refractivity contribution is 0.0980. The van der Waals surface area contributed by atoms with E-state index in [1.807, 2.05) is 30.5 Å². The van der Waals surface area contributed by atoms with Gasteiger partial charge >= 0.3 is 0 Å². The molecular formula is C14H17BrOS. The zero-order valence-corrected chi connectivity index (χ0v) is 12.4. The van der Waals surface area contributed by atoms with E-state index in [-0.39, 0.29) is 5.78 Å². The highest BCUT2D eigenvalue weighted by Crippen LogP contribution is 2.16. The van der Waals surface area contributed by atoms with Crippen molar-refractivity contribution in [3.8, 4) is 0 Å². The fourth-order valence-corrected chi connectivity index (χ4v) is 2.16. The van der Waals surface area contributed by atoms with Gasteiger partial charge in [0, 0.05) is 22.2 Å². The molecule has 0 spiro atoms. The molecule has 0 unspecified atom stereocenters. The summed E-state index contributed by atoms with van der Waals surface area (Å²) in [5.74, 6) is 0.241. The Morgan fingerprint density at radius 1 is 1.29 bits per heavy atom. The van der Waals surface area contributed by atoms with E-state index >= 15 is 0 Å². The summed E-state index contributed by atoms with van der Waals surface area (Å²) in [6.45, 7) is 0. The van der Waals surface area contributed by atoms with Crippen LogP contribution in [0.2, 0.25) is 0 Å². The van der Waals surface area contributed by atoms with Gasteiger partial charge in [-0.25, -0.2) is 0 Å². The van der Waals surface area contributed by atoms with Crippen molar-refractivity contribution < 1.29 is 4.79 Å². The van der Waals surface area contributed by atoms with E-state index < -0.39 is 0 Å². The van der Waals surface area contributed by atoms with E-state index in [4.69, 9.17) is 0 Å². The van der Waals surface area contributed by atoms with Crippen molar-refractivity contribution in [1.29, 1.82) is 0 Å². The van der Waals surface area contributed by atoms with Crippen molar-refractivity contribution in [2.45, 2.75) is 24.2 Å². The SMILES string of the molecule is CSc1ccc(C(=O)CCC/C=C\CBr)cc1. The first kappa shape index (κ1) is 14.5. The van der Waals surface area contributed by atoms with Crippen molar-refractivity contribution in [1.82, 2.24) is 0 Å². The van der Waals surface area contributed by atoms with Crippen LogP contribution in [0.4, 0.5) is 0 Å². The van der Waals surface area contributed by atoms with Gasteiger partial charge < -0.3 is 0 Å². The fraction of sp³-hybridized carbons (Fsp3) is 0.357. The molecule has 0 bridgehead atoms. The third-order valence-corrected chi connectivity index (χ3v) is 3.56. The molecule has 0 heterocycles. The number of alkyl halides is 1. The number of rotatable bonds is 7. The molecule has 92 valence electrons. The molecule has 17 heavy (non-hydrogen) atoms. The Balaban J connectivity index is 2.38. The summed E-state index contributed by atoms with van der Waals surface area (Å²) >= 11 is 5.02. The van der Waals surface area contributed by atoms with Crippen molar-refractivity contribution in [2.75, 3.05) is 11.6 Å². The maximum absolute atomic E-state index is 11.8.